The number of carbonyl (C=O) groups excluding carboxylic acids is 1. The van der Waals surface area contributed by atoms with E-state index in [-0.39, 0.29) is 5.92 Å². The van der Waals surface area contributed by atoms with E-state index in [1.807, 2.05) is 12.1 Å². The van der Waals surface area contributed by atoms with Gasteiger partial charge in [-0.3, -0.25) is 4.79 Å². The Kier molecular flexibility index (Phi) is 4.31. The van der Waals surface area contributed by atoms with E-state index in [9.17, 15) is 4.79 Å². The van der Waals surface area contributed by atoms with E-state index in [0.29, 0.717) is 11.7 Å². The third-order valence-electron chi connectivity index (χ3n) is 7.60. The number of rotatable bonds is 5. The number of Topliss-reactive ketones (excluding diaryl/α,β-unsaturated/α-hetero) is 1. The number of nitrogens with zero attached hydrogens (tertiary/aromatic N) is 1. The van der Waals surface area contributed by atoms with E-state index in [0.717, 1.165) is 42.0 Å². The van der Waals surface area contributed by atoms with Crippen LogP contribution in [0.3, 0.4) is 0 Å². The quantitative estimate of drug-likeness (QED) is 0.721. The van der Waals surface area contributed by atoms with Crippen LogP contribution in [0, 0.1) is 17.8 Å². The SMILES string of the molecule is COc1ccc(C(=O)C2CC2)cc1C1CCN([C@H]2C[C@H]3CC[C@H]2C3)CC1. The first-order valence-electron chi connectivity index (χ1n) is 10.7. The molecular weight excluding hydrogens is 322 g/mol. The summed E-state index contributed by atoms with van der Waals surface area (Å²) >= 11 is 0. The van der Waals surface area contributed by atoms with Crippen molar-refractivity contribution < 1.29 is 9.53 Å². The standard InChI is InChI=1S/C23H31NO2/c1-26-22-7-6-19(23(25)17-4-5-17)14-20(22)16-8-10-24(11-9-16)21-13-15-2-3-18(21)12-15/h6-7,14-18,21H,2-5,8-13H2,1H3/t15-,18-,21-/m0/s1. The fourth-order valence-corrected chi connectivity index (χ4v) is 5.99. The van der Waals surface area contributed by atoms with Crippen molar-refractivity contribution in [1.82, 2.24) is 4.90 Å². The molecule has 4 fully saturated rings. The van der Waals surface area contributed by atoms with E-state index in [1.54, 1.807) is 7.11 Å². The molecule has 1 aromatic rings. The molecule has 0 radical (unpaired) electrons. The van der Waals surface area contributed by atoms with Crippen molar-refractivity contribution in [2.24, 2.45) is 17.8 Å². The van der Waals surface area contributed by atoms with Crippen LogP contribution in [0.1, 0.15) is 73.2 Å². The summed E-state index contributed by atoms with van der Waals surface area (Å²) in [5.41, 5.74) is 2.17. The van der Waals surface area contributed by atoms with Crippen molar-refractivity contribution in [3.63, 3.8) is 0 Å². The van der Waals surface area contributed by atoms with Crippen LogP contribution in [0.5, 0.6) is 5.75 Å². The van der Waals surface area contributed by atoms with Gasteiger partial charge in [0, 0.05) is 17.5 Å². The minimum atomic E-state index is 0.288. The molecule has 0 unspecified atom stereocenters. The lowest BCUT2D eigenvalue weighted by Gasteiger charge is -2.40. The number of methoxy groups -OCH3 is 1. The Hall–Kier alpha value is -1.35. The summed E-state index contributed by atoms with van der Waals surface area (Å²) in [5.74, 6) is 4.13. The largest absolute Gasteiger partial charge is 0.496 e. The predicted octanol–water partition coefficient (Wildman–Crippen LogP) is 4.66. The maximum Gasteiger partial charge on any atom is 0.165 e. The molecule has 1 aliphatic heterocycles. The molecule has 26 heavy (non-hydrogen) atoms. The van der Waals surface area contributed by atoms with Gasteiger partial charge in [-0.25, -0.2) is 0 Å². The minimum absolute atomic E-state index is 0.288. The number of ether oxygens (including phenoxy) is 1. The molecule has 3 aliphatic carbocycles. The fraction of sp³-hybridized carbons (Fsp3) is 0.696. The van der Waals surface area contributed by atoms with Crippen molar-refractivity contribution >= 4 is 5.78 Å². The molecule has 0 amide bonds. The first-order chi connectivity index (χ1) is 12.7. The highest BCUT2D eigenvalue weighted by molar-refractivity contribution is 5.99. The van der Waals surface area contributed by atoms with Gasteiger partial charge in [-0.1, -0.05) is 6.42 Å². The molecule has 1 saturated heterocycles. The molecule has 0 spiro atoms. The van der Waals surface area contributed by atoms with Gasteiger partial charge in [-0.2, -0.15) is 0 Å². The van der Waals surface area contributed by atoms with Crippen LogP contribution in [0.2, 0.25) is 0 Å². The number of likely N-dealkylation sites (tertiary alicyclic amines) is 1. The highest BCUT2D eigenvalue weighted by atomic mass is 16.5. The van der Waals surface area contributed by atoms with Crippen LogP contribution >= 0.6 is 0 Å². The van der Waals surface area contributed by atoms with Crippen molar-refractivity contribution in [2.75, 3.05) is 20.2 Å². The van der Waals surface area contributed by atoms with E-state index in [4.69, 9.17) is 4.74 Å². The Morgan fingerprint density at radius 1 is 1.04 bits per heavy atom. The van der Waals surface area contributed by atoms with Gasteiger partial charge in [0.05, 0.1) is 7.11 Å². The van der Waals surface area contributed by atoms with Crippen molar-refractivity contribution in [3.05, 3.63) is 29.3 Å². The normalized spacial score (nSPS) is 32.1. The van der Waals surface area contributed by atoms with Gasteiger partial charge in [0.15, 0.2) is 5.78 Å². The third kappa shape index (κ3) is 2.98. The first-order valence-corrected chi connectivity index (χ1v) is 10.7. The lowest BCUT2D eigenvalue weighted by Crippen LogP contribution is -2.43. The number of benzene rings is 1. The van der Waals surface area contributed by atoms with Crippen LogP contribution in [0.25, 0.3) is 0 Å². The van der Waals surface area contributed by atoms with Crippen molar-refractivity contribution in [2.45, 2.75) is 63.3 Å². The Morgan fingerprint density at radius 2 is 1.85 bits per heavy atom. The van der Waals surface area contributed by atoms with Gasteiger partial charge in [-0.15, -0.1) is 0 Å². The molecule has 3 nitrogen and oxygen atoms in total. The summed E-state index contributed by atoms with van der Waals surface area (Å²) in [4.78, 5) is 15.3. The lowest BCUT2D eigenvalue weighted by atomic mass is 9.85. The highest BCUT2D eigenvalue weighted by Gasteiger charge is 2.43. The van der Waals surface area contributed by atoms with Crippen LogP contribution in [0.4, 0.5) is 0 Å². The Balaban J connectivity index is 1.29. The zero-order chi connectivity index (χ0) is 17.7. The Morgan fingerprint density at radius 3 is 2.46 bits per heavy atom. The van der Waals surface area contributed by atoms with E-state index in [2.05, 4.69) is 11.0 Å². The number of piperidine rings is 1. The summed E-state index contributed by atoms with van der Waals surface area (Å²) in [6.07, 6.45) is 10.4. The van der Waals surface area contributed by atoms with Gasteiger partial charge in [0.2, 0.25) is 0 Å². The molecule has 2 bridgehead atoms. The second-order valence-corrected chi connectivity index (χ2v) is 9.15. The van der Waals surface area contributed by atoms with Gasteiger partial charge in [0.25, 0.3) is 0 Å². The number of ketones is 1. The number of hydrogen-bond acceptors (Lipinski definition) is 3. The molecule has 1 aromatic carbocycles. The lowest BCUT2D eigenvalue weighted by molar-refractivity contribution is 0.0967. The molecule has 5 rings (SSSR count). The maximum atomic E-state index is 12.5. The number of fused-ring (bicyclic) bond motifs is 2. The second kappa shape index (κ2) is 6.67. The fourth-order valence-electron chi connectivity index (χ4n) is 5.99. The monoisotopic (exact) mass is 353 g/mol. The Bertz CT molecular complexity index is 687. The summed E-state index contributed by atoms with van der Waals surface area (Å²) in [6, 6.07) is 7.00. The predicted molar refractivity (Wildman–Crippen MR) is 103 cm³/mol. The topological polar surface area (TPSA) is 29.5 Å². The van der Waals surface area contributed by atoms with Gasteiger partial charge in [-0.05, 0) is 99.6 Å². The molecule has 4 aliphatic rings. The van der Waals surface area contributed by atoms with E-state index >= 15 is 0 Å². The maximum absolute atomic E-state index is 12.5. The number of hydrogen-bond donors (Lipinski definition) is 0. The van der Waals surface area contributed by atoms with Crippen molar-refractivity contribution in [3.8, 4) is 5.75 Å². The highest BCUT2D eigenvalue weighted by Crippen LogP contribution is 2.48. The second-order valence-electron chi connectivity index (χ2n) is 9.15. The molecule has 0 aromatic heterocycles. The number of carbonyl (C=O) groups is 1. The third-order valence-corrected chi connectivity index (χ3v) is 7.60. The van der Waals surface area contributed by atoms with Crippen LogP contribution in [-0.2, 0) is 0 Å². The molecule has 140 valence electrons. The molecule has 3 heteroatoms. The summed E-state index contributed by atoms with van der Waals surface area (Å²) in [7, 11) is 1.76. The first kappa shape index (κ1) is 16.8. The van der Waals surface area contributed by atoms with Crippen molar-refractivity contribution in [1.29, 1.82) is 0 Å². The molecule has 3 atom stereocenters. The summed E-state index contributed by atoms with van der Waals surface area (Å²) < 4.78 is 5.65. The zero-order valence-corrected chi connectivity index (χ0v) is 16.0. The Labute approximate surface area is 157 Å². The van der Waals surface area contributed by atoms with Crippen LogP contribution in [0.15, 0.2) is 18.2 Å². The zero-order valence-electron chi connectivity index (χ0n) is 16.0. The van der Waals surface area contributed by atoms with Gasteiger partial charge >= 0.3 is 0 Å². The van der Waals surface area contributed by atoms with Gasteiger partial charge in [0.1, 0.15) is 5.75 Å². The molecule has 0 N–H and O–H groups in total. The van der Waals surface area contributed by atoms with E-state index < -0.39 is 0 Å². The minimum Gasteiger partial charge on any atom is -0.496 e. The average molecular weight is 354 g/mol. The van der Waals surface area contributed by atoms with Crippen LogP contribution in [-0.4, -0.2) is 36.9 Å². The van der Waals surface area contributed by atoms with E-state index in [1.165, 1.54) is 57.2 Å². The average Bonchev–Trinajstić information content (AvgIpc) is 3.33. The molecule has 1 heterocycles. The van der Waals surface area contributed by atoms with Gasteiger partial charge < -0.3 is 9.64 Å². The molecular formula is C23H31NO2. The van der Waals surface area contributed by atoms with Crippen LogP contribution < -0.4 is 4.74 Å². The molecule has 3 saturated carbocycles. The summed E-state index contributed by atoms with van der Waals surface area (Å²) in [5, 5.41) is 0. The summed E-state index contributed by atoms with van der Waals surface area (Å²) in [6.45, 7) is 2.42. The smallest absolute Gasteiger partial charge is 0.165 e.